The quantitative estimate of drug-likeness (QED) is 0.463. The predicted molar refractivity (Wildman–Crippen MR) is 126 cm³/mol. The molecule has 1 aromatic heterocycles. The Hall–Kier alpha value is -3.92. The van der Waals surface area contributed by atoms with Gasteiger partial charge in [-0.25, -0.2) is 13.8 Å². The van der Waals surface area contributed by atoms with E-state index in [0.29, 0.717) is 36.0 Å². The Morgan fingerprint density at radius 2 is 1.88 bits per heavy atom. The van der Waals surface area contributed by atoms with Gasteiger partial charge in [-0.15, -0.1) is 0 Å². The number of nitrogens with zero attached hydrogens (tertiary/aromatic N) is 2. The van der Waals surface area contributed by atoms with Crippen molar-refractivity contribution in [2.45, 2.75) is 6.54 Å². The minimum Gasteiger partial charge on any atom is -0.495 e. The number of carbonyl (C=O) groups excluding carboxylic acids is 1. The van der Waals surface area contributed by atoms with Crippen LogP contribution in [0.3, 0.4) is 0 Å². The van der Waals surface area contributed by atoms with Crippen LogP contribution in [-0.4, -0.2) is 44.3 Å². The van der Waals surface area contributed by atoms with E-state index >= 15 is 0 Å². The highest BCUT2D eigenvalue weighted by molar-refractivity contribution is 5.98. The molecule has 0 radical (unpaired) electrons. The van der Waals surface area contributed by atoms with Crippen molar-refractivity contribution in [3.63, 3.8) is 0 Å². The zero-order chi connectivity index (χ0) is 24.1. The van der Waals surface area contributed by atoms with Crippen LogP contribution in [-0.2, 0) is 11.3 Å². The van der Waals surface area contributed by atoms with Gasteiger partial charge in [-0.3, -0.25) is 4.79 Å². The fourth-order valence-corrected chi connectivity index (χ4v) is 3.75. The number of methoxy groups -OCH3 is 1. The van der Waals surface area contributed by atoms with Crippen molar-refractivity contribution in [1.82, 2.24) is 4.98 Å². The first-order valence-corrected chi connectivity index (χ1v) is 10.7. The first-order valence-electron chi connectivity index (χ1n) is 10.7. The molecular formula is C24H25F2N5O3. The lowest BCUT2D eigenvalue weighted by molar-refractivity contribution is 0.100. The zero-order valence-electron chi connectivity index (χ0n) is 18.6. The first kappa shape index (κ1) is 23.2. The van der Waals surface area contributed by atoms with Gasteiger partial charge < -0.3 is 30.7 Å². The molecule has 4 rings (SSSR count). The number of hydrogen-bond donors (Lipinski definition) is 3. The van der Waals surface area contributed by atoms with Crippen LogP contribution in [0.5, 0.6) is 5.75 Å². The molecule has 0 bridgehead atoms. The highest BCUT2D eigenvalue weighted by atomic mass is 19.1. The number of carbonyl (C=O) groups is 1. The second kappa shape index (κ2) is 10.3. The highest BCUT2D eigenvalue weighted by Crippen LogP contribution is 2.33. The second-order valence-corrected chi connectivity index (χ2v) is 7.72. The molecular weight excluding hydrogens is 444 g/mol. The number of ether oxygens (including phenoxy) is 2. The summed E-state index contributed by atoms with van der Waals surface area (Å²) in [4.78, 5) is 18.3. The van der Waals surface area contributed by atoms with Gasteiger partial charge >= 0.3 is 0 Å². The minimum absolute atomic E-state index is 0.0838. The molecule has 8 nitrogen and oxygen atoms in total. The van der Waals surface area contributed by atoms with Crippen molar-refractivity contribution in [3.8, 4) is 5.75 Å². The zero-order valence-corrected chi connectivity index (χ0v) is 18.6. The Morgan fingerprint density at radius 3 is 2.56 bits per heavy atom. The first-order chi connectivity index (χ1) is 16.4. The summed E-state index contributed by atoms with van der Waals surface area (Å²) >= 11 is 0. The maximum absolute atomic E-state index is 13.5. The number of morpholine rings is 1. The molecule has 0 aliphatic carbocycles. The maximum Gasteiger partial charge on any atom is 0.252 e. The molecule has 34 heavy (non-hydrogen) atoms. The molecule has 10 heteroatoms. The SMILES string of the molecule is COc1cc(Nc2cc(NCc3cc(F)cc(F)c3)c(C(N)=O)cn2)ccc1N1CCOCC1. The van der Waals surface area contributed by atoms with E-state index in [9.17, 15) is 13.6 Å². The van der Waals surface area contributed by atoms with Gasteiger partial charge in [0.1, 0.15) is 23.2 Å². The molecule has 0 atom stereocenters. The average molecular weight is 469 g/mol. The molecule has 1 saturated heterocycles. The maximum atomic E-state index is 13.5. The van der Waals surface area contributed by atoms with E-state index in [1.165, 1.54) is 18.3 Å². The molecule has 3 aromatic rings. The third kappa shape index (κ3) is 5.52. The topological polar surface area (TPSA) is 102 Å². The van der Waals surface area contributed by atoms with E-state index in [2.05, 4.69) is 20.5 Å². The second-order valence-electron chi connectivity index (χ2n) is 7.72. The number of hydrogen-bond acceptors (Lipinski definition) is 7. The van der Waals surface area contributed by atoms with Crippen molar-refractivity contribution < 1.29 is 23.0 Å². The van der Waals surface area contributed by atoms with Crippen LogP contribution >= 0.6 is 0 Å². The Labute approximate surface area is 195 Å². The third-order valence-corrected chi connectivity index (χ3v) is 5.38. The molecule has 4 N–H and O–H groups in total. The van der Waals surface area contributed by atoms with E-state index in [1.807, 2.05) is 18.2 Å². The summed E-state index contributed by atoms with van der Waals surface area (Å²) in [5.74, 6) is -0.897. The van der Waals surface area contributed by atoms with Crippen molar-refractivity contribution in [1.29, 1.82) is 0 Å². The fraction of sp³-hybridized carbons (Fsp3) is 0.250. The number of aromatic nitrogens is 1. The number of pyridine rings is 1. The lowest BCUT2D eigenvalue weighted by Crippen LogP contribution is -2.36. The fourth-order valence-electron chi connectivity index (χ4n) is 3.75. The number of primary amides is 1. The van der Waals surface area contributed by atoms with Gasteiger partial charge in [0, 0.05) is 49.7 Å². The monoisotopic (exact) mass is 469 g/mol. The summed E-state index contributed by atoms with van der Waals surface area (Å²) in [6, 6.07) is 10.5. The number of amides is 1. The van der Waals surface area contributed by atoms with Crippen LogP contribution in [0.2, 0.25) is 0 Å². The Bertz CT molecular complexity index is 1170. The van der Waals surface area contributed by atoms with Crippen molar-refractivity contribution in [2.24, 2.45) is 5.73 Å². The van der Waals surface area contributed by atoms with Gasteiger partial charge in [0.15, 0.2) is 0 Å². The van der Waals surface area contributed by atoms with E-state index in [0.717, 1.165) is 30.5 Å². The average Bonchev–Trinajstić information content (AvgIpc) is 2.82. The van der Waals surface area contributed by atoms with Gasteiger partial charge in [0.25, 0.3) is 5.91 Å². The number of anilines is 4. The van der Waals surface area contributed by atoms with Crippen molar-refractivity contribution in [3.05, 3.63) is 71.4 Å². The smallest absolute Gasteiger partial charge is 0.252 e. The molecule has 178 valence electrons. The molecule has 1 fully saturated rings. The van der Waals surface area contributed by atoms with E-state index in [4.69, 9.17) is 15.2 Å². The van der Waals surface area contributed by atoms with Crippen molar-refractivity contribution >= 4 is 28.8 Å². The molecule has 0 saturated carbocycles. The largest absolute Gasteiger partial charge is 0.495 e. The number of rotatable bonds is 8. The number of halogens is 2. The summed E-state index contributed by atoms with van der Waals surface area (Å²) in [5, 5.41) is 6.19. The minimum atomic E-state index is -0.682. The Morgan fingerprint density at radius 1 is 1.15 bits per heavy atom. The summed E-state index contributed by atoms with van der Waals surface area (Å²) < 4.78 is 38.0. The molecule has 1 aliphatic rings. The van der Waals surface area contributed by atoms with E-state index in [-0.39, 0.29) is 12.1 Å². The lowest BCUT2D eigenvalue weighted by atomic mass is 10.1. The van der Waals surface area contributed by atoms with Crippen LogP contribution < -0.4 is 26.0 Å². The number of benzene rings is 2. The molecule has 0 unspecified atom stereocenters. The normalized spacial score (nSPS) is 13.4. The van der Waals surface area contributed by atoms with Crippen LogP contribution in [0.4, 0.5) is 31.7 Å². The van der Waals surface area contributed by atoms with Gasteiger partial charge in [-0.1, -0.05) is 0 Å². The summed E-state index contributed by atoms with van der Waals surface area (Å²) in [6.07, 6.45) is 1.35. The Kier molecular flexibility index (Phi) is 7.07. The van der Waals surface area contributed by atoms with Gasteiger partial charge in [0.05, 0.1) is 37.3 Å². The lowest BCUT2D eigenvalue weighted by Gasteiger charge is -2.30. The molecule has 2 heterocycles. The molecule has 0 spiro atoms. The Balaban J connectivity index is 1.54. The summed E-state index contributed by atoms with van der Waals surface area (Å²) in [5.41, 5.74) is 8.08. The van der Waals surface area contributed by atoms with Crippen LogP contribution in [0, 0.1) is 11.6 Å². The van der Waals surface area contributed by atoms with Crippen LogP contribution in [0.15, 0.2) is 48.7 Å². The highest BCUT2D eigenvalue weighted by Gasteiger charge is 2.16. The summed E-state index contributed by atoms with van der Waals surface area (Å²) in [7, 11) is 1.61. The van der Waals surface area contributed by atoms with Gasteiger partial charge in [-0.05, 0) is 29.8 Å². The van der Waals surface area contributed by atoms with Crippen LogP contribution in [0.25, 0.3) is 0 Å². The number of nitrogens with two attached hydrogens (primary N) is 1. The molecule has 1 amide bonds. The van der Waals surface area contributed by atoms with E-state index < -0.39 is 17.5 Å². The molecule has 1 aliphatic heterocycles. The van der Waals surface area contributed by atoms with Crippen molar-refractivity contribution in [2.75, 3.05) is 48.9 Å². The summed E-state index contributed by atoms with van der Waals surface area (Å²) in [6.45, 7) is 2.97. The molecule has 2 aromatic carbocycles. The van der Waals surface area contributed by atoms with E-state index in [1.54, 1.807) is 13.2 Å². The number of nitrogens with one attached hydrogen (secondary N) is 2. The van der Waals surface area contributed by atoms with Gasteiger partial charge in [-0.2, -0.15) is 0 Å². The standard InChI is InChI=1S/C24H25F2N5O3/c1-33-22-11-18(2-3-21(22)31-4-6-34-7-5-31)30-23-12-20(19(14-29-23)24(27)32)28-13-15-8-16(25)10-17(26)9-15/h2-3,8-12,14H,4-7,13H2,1H3,(H2,27,32)(H2,28,29,30). The third-order valence-electron chi connectivity index (χ3n) is 5.38. The van der Waals surface area contributed by atoms with Crippen LogP contribution in [0.1, 0.15) is 15.9 Å². The van der Waals surface area contributed by atoms with Gasteiger partial charge in [0.2, 0.25) is 0 Å². The predicted octanol–water partition coefficient (Wildman–Crippen LogP) is 3.66.